The summed E-state index contributed by atoms with van der Waals surface area (Å²) in [6.07, 6.45) is 9.16. The molecule has 0 unspecified atom stereocenters. The third kappa shape index (κ3) is 3.61. The van der Waals surface area contributed by atoms with Gasteiger partial charge in [0.2, 0.25) is 0 Å². The molecule has 0 aromatic heterocycles. The van der Waals surface area contributed by atoms with E-state index < -0.39 is 0 Å². The third-order valence-electron chi connectivity index (χ3n) is 8.01. The van der Waals surface area contributed by atoms with Crippen LogP contribution in [0.3, 0.4) is 0 Å². The molecule has 4 heteroatoms. The predicted molar refractivity (Wildman–Crippen MR) is 124 cm³/mol. The molecule has 0 spiro atoms. The van der Waals surface area contributed by atoms with Crippen molar-refractivity contribution in [1.82, 2.24) is 4.90 Å². The number of methoxy groups -OCH3 is 2. The monoisotopic (exact) mass is 427 g/mol. The second-order valence-electron chi connectivity index (χ2n) is 9.19. The van der Waals surface area contributed by atoms with E-state index in [1.165, 1.54) is 50.6 Å². The molecule has 0 amide bonds. The van der Waals surface area contributed by atoms with Crippen LogP contribution in [-0.2, 0) is 18.3 Å². The fourth-order valence-electron chi connectivity index (χ4n) is 6.53. The Kier molecular flexibility index (Phi) is 6.31. The van der Waals surface area contributed by atoms with Crippen LogP contribution < -0.4 is 9.47 Å². The average molecular weight is 428 g/mol. The highest BCUT2D eigenvalue weighted by Crippen LogP contribution is 2.56. The molecule has 2 aliphatic carbocycles. The number of benzene rings is 2. The summed E-state index contributed by atoms with van der Waals surface area (Å²) < 4.78 is 10.9. The van der Waals surface area contributed by atoms with E-state index >= 15 is 0 Å². The molecule has 1 heterocycles. The van der Waals surface area contributed by atoms with Gasteiger partial charge in [-0.15, -0.1) is 12.4 Å². The highest BCUT2D eigenvalue weighted by atomic mass is 35.5. The standard InChI is InChI=1S/C26H33NO2.ClH/c1-28-21-9-6-19(7-10-21)12-15-27-16-14-26-13-4-3-5-23(26)25(27)17-20-8-11-22(29-2)18-24(20)26;/h6-11,18,23,25H,3-5,12-17H2,1-2H3;1H/t23-,25-,26-;/m0./s1. The van der Waals surface area contributed by atoms with Crippen LogP contribution >= 0.6 is 12.4 Å². The lowest BCUT2D eigenvalue weighted by Gasteiger charge is -2.59. The van der Waals surface area contributed by atoms with Crippen molar-refractivity contribution >= 4 is 12.4 Å². The van der Waals surface area contributed by atoms with Crippen molar-refractivity contribution in [2.75, 3.05) is 27.3 Å². The maximum Gasteiger partial charge on any atom is 0.119 e. The zero-order valence-corrected chi connectivity index (χ0v) is 19.0. The van der Waals surface area contributed by atoms with Gasteiger partial charge in [0.15, 0.2) is 0 Å². The Morgan fingerprint density at radius 3 is 2.50 bits per heavy atom. The van der Waals surface area contributed by atoms with Crippen LogP contribution in [0.1, 0.15) is 48.8 Å². The van der Waals surface area contributed by atoms with Gasteiger partial charge in [0.1, 0.15) is 11.5 Å². The molecular weight excluding hydrogens is 394 g/mol. The van der Waals surface area contributed by atoms with Gasteiger partial charge < -0.3 is 9.47 Å². The minimum absolute atomic E-state index is 0. The molecule has 30 heavy (non-hydrogen) atoms. The normalized spacial score (nSPS) is 27.4. The molecule has 2 aromatic carbocycles. The van der Waals surface area contributed by atoms with Gasteiger partial charge in [-0.1, -0.05) is 31.0 Å². The molecule has 5 rings (SSSR count). The van der Waals surface area contributed by atoms with Crippen LogP contribution in [0.15, 0.2) is 42.5 Å². The Hall–Kier alpha value is -1.71. The van der Waals surface area contributed by atoms with Crippen molar-refractivity contribution in [3.63, 3.8) is 0 Å². The van der Waals surface area contributed by atoms with E-state index in [0.717, 1.165) is 30.4 Å². The maximum absolute atomic E-state index is 5.60. The summed E-state index contributed by atoms with van der Waals surface area (Å²) >= 11 is 0. The summed E-state index contributed by atoms with van der Waals surface area (Å²) in [6.45, 7) is 2.39. The minimum atomic E-state index is 0. The minimum Gasteiger partial charge on any atom is -0.497 e. The zero-order chi connectivity index (χ0) is 19.8. The van der Waals surface area contributed by atoms with Gasteiger partial charge in [-0.3, -0.25) is 4.90 Å². The van der Waals surface area contributed by atoms with E-state index in [1.807, 2.05) is 0 Å². The second-order valence-corrected chi connectivity index (χ2v) is 9.19. The SMILES string of the molecule is COc1ccc(CCN2CC[C@@]34CCCC[C@H]3[C@@H]2Cc2ccc(OC)cc24)cc1.Cl. The first-order chi connectivity index (χ1) is 14.2. The first-order valence-corrected chi connectivity index (χ1v) is 11.3. The van der Waals surface area contributed by atoms with Crippen molar-refractivity contribution in [1.29, 1.82) is 0 Å². The van der Waals surface area contributed by atoms with Crippen molar-refractivity contribution in [2.24, 2.45) is 5.92 Å². The Bertz CT molecular complexity index is 868. The average Bonchev–Trinajstić information content (AvgIpc) is 2.78. The van der Waals surface area contributed by atoms with Gasteiger partial charge in [-0.2, -0.15) is 0 Å². The molecule has 3 nitrogen and oxygen atoms in total. The molecule has 0 radical (unpaired) electrons. The summed E-state index contributed by atoms with van der Waals surface area (Å²) in [6, 6.07) is 16.2. The fraction of sp³-hybridized carbons (Fsp3) is 0.538. The van der Waals surface area contributed by atoms with Crippen LogP contribution in [-0.4, -0.2) is 38.3 Å². The van der Waals surface area contributed by atoms with E-state index in [1.54, 1.807) is 25.3 Å². The third-order valence-corrected chi connectivity index (χ3v) is 8.01. The summed E-state index contributed by atoms with van der Waals surface area (Å²) in [5.74, 6) is 2.78. The molecule has 1 saturated heterocycles. The van der Waals surface area contributed by atoms with Crippen molar-refractivity contribution in [2.45, 2.75) is 56.4 Å². The molecule has 3 atom stereocenters. The summed E-state index contributed by atoms with van der Waals surface area (Å²) in [4.78, 5) is 2.81. The van der Waals surface area contributed by atoms with Crippen molar-refractivity contribution < 1.29 is 9.47 Å². The van der Waals surface area contributed by atoms with Crippen LogP contribution in [0.25, 0.3) is 0 Å². The lowest BCUT2D eigenvalue weighted by Crippen LogP contribution is -2.61. The first-order valence-electron chi connectivity index (χ1n) is 11.3. The van der Waals surface area contributed by atoms with Crippen LogP contribution in [0.5, 0.6) is 11.5 Å². The Morgan fingerprint density at radius 1 is 0.967 bits per heavy atom. The van der Waals surface area contributed by atoms with Gasteiger partial charge in [-0.25, -0.2) is 0 Å². The molecule has 3 aliphatic rings. The van der Waals surface area contributed by atoms with Crippen molar-refractivity contribution in [3.8, 4) is 11.5 Å². The van der Waals surface area contributed by atoms with Gasteiger partial charge in [0.05, 0.1) is 14.2 Å². The summed E-state index contributed by atoms with van der Waals surface area (Å²) in [5, 5.41) is 0. The topological polar surface area (TPSA) is 21.7 Å². The van der Waals surface area contributed by atoms with Gasteiger partial charge in [-0.05, 0) is 85.5 Å². The second kappa shape index (κ2) is 8.80. The smallest absolute Gasteiger partial charge is 0.119 e. The maximum atomic E-state index is 5.60. The zero-order valence-electron chi connectivity index (χ0n) is 18.2. The molecule has 1 aliphatic heterocycles. The number of ether oxygens (including phenoxy) is 2. The molecule has 162 valence electrons. The van der Waals surface area contributed by atoms with Gasteiger partial charge in [0, 0.05) is 18.0 Å². The molecule has 0 N–H and O–H groups in total. The number of halogens is 1. The molecule has 2 bridgehead atoms. The van der Waals surface area contributed by atoms with Crippen LogP contribution in [0.4, 0.5) is 0 Å². The fourth-order valence-corrected chi connectivity index (χ4v) is 6.53. The number of nitrogens with zero attached hydrogens (tertiary/aromatic N) is 1. The molecule has 1 saturated carbocycles. The van der Waals surface area contributed by atoms with Gasteiger partial charge >= 0.3 is 0 Å². The van der Waals surface area contributed by atoms with Crippen LogP contribution in [0, 0.1) is 5.92 Å². The van der Waals surface area contributed by atoms with E-state index in [2.05, 4.69) is 47.4 Å². The lowest BCUT2D eigenvalue weighted by atomic mass is 9.52. The summed E-state index contributed by atoms with van der Waals surface area (Å²) in [7, 11) is 3.53. The number of piperidine rings is 1. The van der Waals surface area contributed by atoms with Crippen LogP contribution in [0.2, 0.25) is 0 Å². The van der Waals surface area contributed by atoms with Gasteiger partial charge in [0.25, 0.3) is 0 Å². The van der Waals surface area contributed by atoms with E-state index in [-0.39, 0.29) is 12.4 Å². The van der Waals surface area contributed by atoms with E-state index in [9.17, 15) is 0 Å². The molecule has 2 fully saturated rings. The predicted octanol–water partition coefficient (Wildman–Crippen LogP) is 5.43. The highest BCUT2D eigenvalue weighted by Gasteiger charge is 2.53. The van der Waals surface area contributed by atoms with E-state index in [0.29, 0.717) is 11.5 Å². The number of fused-ring (bicyclic) bond motifs is 1. The summed E-state index contributed by atoms with van der Waals surface area (Å²) in [5.41, 5.74) is 4.99. The highest BCUT2D eigenvalue weighted by molar-refractivity contribution is 5.85. The largest absolute Gasteiger partial charge is 0.497 e. The number of rotatable bonds is 5. The Labute approximate surface area is 187 Å². The van der Waals surface area contributed by atoms with Crippen molar-refractivity contribution in [3.05, 3.63) is 59.2 Å². The molecule has 2 aromatic rings. The first kappa shape index (κ1) is 21.5. The quantitative estimate of drug-likeness (QED) is 0.635. The van der Waals surface area contributed by atoms with E-state index in [4.69, 9.17) is 9.47 Å². The number of hydrogen-bond acceptors (Lipinski definition) is 3. The lowest BCUT2D eigenvalue weighted by molar-refractivity contribution is -0.0106. The Balaban J connectivity index is 0.00000218. The molecular formula is C26H34ClNO2. The number of likely N-dealkylation sites (tertiary alicyclic amines) is 1. The number of hydrogen-bond donors (Lipinski definition) is 0. The Morgan fingerprint density at radius 2 is 1.73 bits per heavy atom.